The van der Waals surface area contributed by atoms with Crippen molar-refractivity contribution in [2.45, 2.75) is 24.7 Å². The SMILES string of the molecule is C#CCOC(=O)C(O)(O)C(=O)C1(O)OP1(=O)OCCC. The van der Waals surface area contributed by atoms with Gasteiger partial charge in [0.15, 0.2) is 6.61 Å². The number of Topliss-reactive ketones (excluding diaryl/α,β-unsaturated/α-hetero) is 1. The average molecular weight is 308 g/mol. The Morgan fingerprint density at radius 2 is 2.10 bits per heavy atom. The Labute approximate surface area is 114 Å². The first-order valence-corrected chi connectivity index (χ1v) is 6.98. The molecule has 9 nitrogen and oxygen atoms in total. The summed E-state index contributed by atoms with van der Waals surface area (Å²) in [7, 11) is -4.23. The molecule has 1 heterocycles. The molecule has 10 heteroatoms. The van der Waals surface area contributed by atoms with E-state index in [0.717, 1.165) is 0 Å². The van der Waals surface area contributed by atoms with Crippen molar-refractivity contribution in [1.29, 1.82) is 0 Å². The maximum Gasteiger partial charge on any atom is 0.401 e. The molecule has 0 aromatic rings. The number of terminal acetylenes is 1. The quantitative estimate of drug-likeness (QED) is 0.131. The largest absolute Gasteiger partial charge is 0.448 e. The Hall–Kier alpha value is -1.27. The van der Waals surface area contributed by atoms with Gasteiger partial charge in [0.25, 0.3) is 5.78 Å². The summed E-state index contributed by atoms with van der Waals surface area (Å²) in [5, 5.41) is 28.3. The predicted octanol–water partition coefficient (Wildman–Crippen LogP) is -1.29. The number of rotatable bonds is 7. The monoisotopic (exact) mass is 308 g/mol. The van der Waals surface area contributed by atoms with Gasteiger partial charge in [-0.15, -0.1) is 6.42 Å². The van der Waals surface area contributed by atoms with E-state index < -0.39 is 37.3 Å². The van der Waals surface area contributed by atoms with E-state index in [-0.39, 0.29) is 6.61 Å². The molecule has 2 atom stereocenters. The Bertz CT molecular complexity index is 505. The number of ketones is 1. The molecule has 0 saturated carbocycles. The third-order valence-corrected chi connectivity index (χ3v) is 4.13. The van der Waals surface area contributed by atoms with Crippen molar-refractivity contribution in [3.05, 3.63) is 0 Å². The Balaban J connectivity index is 2.83. The lowest BCUT2D eigenvalue weighted by Gasteiger charge is -2.18. The minimum absolute atomic E-state index is 0.0989. The molecular weight excluding hydrogens is 295 g/mol. The van der Waals surface area contributed by atoms with Gasteiger partial charge in [0, 0.05) is 0 Å². The van der Waals surface area contributed by atoms with Crippen LogP contribution in [0.3, 0.4) is 0 Å². The van der Waals surface area contributed by atoms with Crippen LogP contribution in [-0.2, 0) is 27.9 Å². The molecule has 1 rings (SSSR count). The molecule has 1 aliphatic rings. The molecule has 1 aliphatic heterocycles. The maximum atomic E-state index is 11.7. The van der Waals surface area contributed by atoms with Gasteiger partial charge in [-0.2, -0.15) is 0 Å². The fourth-order valence-electron chi connectivity index (χ4n) is 1.17. The maximum absolute atomic E-state index is 11.7. The summed E-state index contributed by atoms with van der Waals surface area (Å²) in [5.74, 6) is -5.69. The zero-order valence-corrected chi connectivity index (χ0v) is 11.3. The number of esters is 1. The minimum Gasteiger partial charge on any atom is -0.448 e. The van der Waals surface area contributed by atoms with Gasteiger partial charge < -0.3 is 24.6 Å². The van der Waals surface area contributed by atoms with E-state index >= 15 is 0 Å². The van der Waals surface area contributed by atoms with Crippen LogP contribution in [-0.4, -0.2) is 51.6 Å². The zero-order chi connectivity index (χ0) is 15.6. The average Bonchev–Trinajstić information content (AvgIpc) is 2.96. The van der Waals surface area contributed by atoms with Crippen LogP contribution in [0.5, 0.6) is 0 Å². The topological polar surface area (TPSA) is 143 Å². The molecule has 0 spiro atoms. The van der Waals surface area contributed by atoms with E-state index in [0.29, 0.717) is 6.42 Å². The van der Waals surface area contributed by atoms with E-state index in [9.17, 15) is 29.5 Å². The molecule has 2 unspecified atom stereocenters. The van der Waals surface area contributed by atoms with Gasteiger partial charge in [0.1, 0.15) is 0 Å². The molecule has 0 aliphatic carbocycles. The number of carbonyl (C=O) groups is 2. The fraction of sp³-hybridized carbons (Fsp3) is 0.600. The van der Waals surface area contributed by atoms with Gasteiger partial charge in [0.05, 0.1) is 6.61 Å². The summed E-state index contributed by atoms with van der Waals surface area (Å²) in [5.41, 5.74) is -3.08. The van der Waals surface area contributed by atoms with Gasteiger partial charge in [-0.3, -0.25) is 13.9 Å². The van der Waals surface area contributed by atoms with Crippen molar-refractivity contribution in [2.24, 2.45) is 0 Å². The molecule has 1 saturated heterocycles. The normalized spacial score (nSPS) is 28.6. The number of hydrogen-bond acceptors (Lipinski definition) is 9. The second-order valence-electron chi connectivity index (χ2n) is 3.81. The van der Waals surface area contributed by atoms with Gasteiger partial charge in [0.2, 0.25) is 0 Å². The smallest absolute Gasteiger partial charge is 0.401 e. The van der Waals surface area contributed by atoms with Gasteiger partial charge in [-0.1, -0.05) is 12.8 Å². The van der Waals surface area contributed by atoms with E-state index in [1.807, 2.05) is 5.92 Å². The number of aliphatic hydroxyl groups is 3. The number of ether oxygens (including phenoxy) is 1. The van der Waals surface area contributed by atoms with Crippen molar-refractivity contribution in [3.8, 4) is 12.3 Å². The van der Waals surface area contributed by atoms with Crippen LogP contribution in [0.15, 0.2) is 0 Å². The van der Waals surface area contributed by atoms with Crippen molar-refractivity contribution < 1.29 is 43.3 Å². The molecule has 0 aromatic carbocycles. The van der Waals surface area contributed by atoms with Crippen LogP contribution in [0.4, 0.5) is 0 Å². The summed E-state index contributed by atoms with van der Waals surface area (Å²) in [6, 6.07) is 0. The molecule has 3 N–H and O–H groups in total. The van der Waals surface area contributed by atoms with Gasteiger partial charge >= 0.3 is 24.9 Å². The second kappa shape index (κ2) is 5.61. The Morgan fingerprint density at radius 3 is 2.60 bits per heavy atom. The molecule has 0 radical (unpaired) electrons. The fourth-order valence-corrected chi connectivity index (χ4v) is 2.80. The summed E-state index contributed by atoms with van der Waals surface area (Å²) in [6.45, 7) is 0.937. The van der Waals surface area contributed by atoms with E-state index in [1.165, 1.54) is 0 Å². The zero-order valence-electron chi connectivity index (χ0n) is 10.4. The Kier molecular flexibility index (Phi) is 4.71. The van der Waals surface area contributed by atoms with E-state index in [2.05, 4.69) is 13.8 Å². The predicted molar refractivity (Wildman–Crippen MR) is 61.9 cm³/mol. The van der Waals surface area contributed by atoms with E-state index in [1.54, 1.807) is 6.92 Å². The van der Waals surface area contributed by atoms with Gasteiger partial charge in [-0.25, -0.2) is 4.79 Å². The standard InChI is InChI=1S/C10H13O9P/c1-3-5-17-8(12)9(13,14)7(11)10(15)19-20(10,16)18-6-4-2/h1,13-15H,4-6H2,2H3. The summed E-state index contributed by atoms with van der Waals surface area (Å²) >= 11 is 0. The van der Waals surface area contributed by atoms with Crippen molar-refractivity contribution in [1.82, 2.24) is 0 Å². The van der Waals surface area contributed by atoms with Crippen molar-refractivity contribution >= 4 is 19.3 Å². The minimum atomic E-state index is -4.23. The van der Waals surface area contributed by atoms with Gasteiger partial charge in [-0.05, 0) is 6.42 Å². The van der Waals surface area contributed by atoms with Crippen LogP contribution in [0.2, 0.25) is 0 Å². The van der Waals surface area contributed by atoms with Crippen molar-refractivity contribution in [3.63, 3.8) is 0 Å². The first-order chi connectivity index (χ1) is 9.15. The van der Waals surface area contributed by atoms with Crippen LogP contribution in [0, 0.1) is 12.3 Å². The lowest BCUT2D eigenvalue weighted by molar-refractivity contribution is -0.216. The van der Waals surface area contributed by atoms with Crippen LogP contribution in [0.1, 0.15) is 13.3 Å². The highest BCUT2D eigenvalue weighted by atomic mass is 31.2. The van der Waals surface area contributed by atoms with Crippen LogP contribution < -0.4 is 0 Å². The molecule has 0 aromatic heterocycles. The summed E-state index contributed by atoms with van der Waals surface area (Å²) < 4.78 is 24.8. The molecule has 0 bridgehead atoms. The second-order valence-corrected chi connectivity index (χ2v) is 5.85. The molecule has 1 fully saturated rings. The number of carbonyl (C=O) groups excluding carboxylic acids is 2. The first kappa shape index (κ1) is 16.8. The van der Waals surface area contributed by atoms with Crippen molar-refractivity contribution in [2.75, 3.05) is 13.2 Å². The Morgan fingerprint density at radius 1 is 1.50 bits per heavy atom. The molecule has 0 amide bonds. The molecular formula is C10H13O9P. The first-order valence-electron chi connectivity index (χ1n) is 5.44. The van der Waals surface area contributed by atoms with Crippen LogP contribution in [0.25, 0.3) is 0 Å². The third kappa shape index (κ3) is 2.76. The summed E-state index contributed by atoms with van der Waals surface area (Å²) in [6.07, 6.45) is 5.19. The highest BCUT2D eigenvalue weighted by molar-refractivity contribution is 7.62. The lowest BCUT2D eigenvalue weighted by atomic mass is 10.1. The third-order valence-electron chi connectivity index (χ3n) is 2.24. The number of hydrogen-bond donors (Lipinski definition) is 3. The summed E-state index contributed by atoms with van der Waals surface area (Å²) in [4.78, 5) is 22.9. The van der Waals surface area contributed by atoms with Crippen LogP contribution >= 0.6 is 7.60 Å². The highest BCUT2D eigenvalue weighted by Crippen LogP contribution is 2.78. The lowest BCUT2D eigenvalue weighted by Crippen LogP contribution is -2.53. The highest BCUT2D eigenvalue weighted by Gasteiger charge is 2.80. The van der Waals surface area contributed by atoms with E-state index in [4.69, 9.17) is 6.42 Å². The molecule has 20 heavy (non-hydrogen) atoms. The molecule has 112 valence electrons.